The number of rotatable bonds is 2. The zero-order chi connectivity index (χ0) is 11.6. The highest BCUT2D eigenvalue weighted by atomic mass is 16.5. The van der Waals surface area contributed by atoms with Gasteiger partial charge in [0, 0.05) is 19.7 Å². The van der Waals surface area contributed by atoms with E-state index < -0.39 is 0 Å². The molecule has 16 heavy (non-hydrogen) atoms. The minimum atomic E-state index is -0.0746. The first-order chi connectivity index (χ1) is 7.63. The van der Waals surface area contributed by atoms with Gasteiger partial charge in [0.05, 0.1) is 11.7 Å². The smallest absolute Gasteiger partial charge is 0.0777 e. The molecule has 94 valence electrons. The lowest BCUT2D eigenvalue weighted by Gasteiger charge is -2.45. The average molecular weight is 227 g/mol. The largest absolute Gasteiger partial charge is 0.393 e. The molecular formula is C13H25NO2. The van der Waals surface area contributed by atoms with Gasteiger partial charge >= 0.3 is 0 Å². The maximum absolute atomic E-state index is 9.74. The van der Waals surface area contributed by atoms with E-state index in [0.29, 0.717) is 6.04 Å². The van der Waals surface area contributed by atoms with Crippen LogP contribution in [0.15, 0.2) is 0 Å². The number of hydrogen-bond acceptors (Lipinski definition) is 3. The van der Waals surface area contributed by atoms with Crippen LogP contribution in [0, 0.1) is 0 Å². The lowest BCUT2D eigenvalue weighted by Crippen LogP contribution is -2.52. The number of aliphatic hydroxyl groups excluding tert-OH is 1. The summed E-state index contributed by atoms with van der Waals surface area (Å²) in [5.74, 6) is 0. The highest BCUT2D eigenvalue weighted by molar-refractivity contribution is 4.89. The first-order valence-electron chi connectivity index (χ1n) is 6.60. The monoisotopic (exact) mass is 227 g/mol. The molecule has 1 aliphatic heterocycles. The summed E-state index contributed by atoms with van der Waals surface area (Å²) in [4.78, 5) is 2.54. The Kier molecular flexibility index (Phi) is 3.88. The third-order valence-corrected chi connectivity index (χ3v) is 4.32. The first-order valence-corrected chi connectivity index (χ1v) is 6.60. The van der Waals surface area contributed by atoms with Crippen molar-refractivity contribution < 1.29 is 9.84 Å². The van der Waals surface area contributed by atoms with Crippen LogP contribution in [0.4, 0.5) is 0 Å². The first kappa shape index (κ1) is 12.3. The molecule has 3 unspecified atom stereocenters. The molecule has 0 aromatic rings. The van der Waals surface area contributed by atoms with Crippen LogP contribution in [0.5, 0.6) is 0 Å². The van der Waals surface area contributed by atoms with Crippen molar-refractivity contribution in [2.24, 2.45) is 0 Å². The molecule has 2 fully saturated rings. The number of methoxy groups -OCH3 is 1. The molecule has 3 heteroatoms. The van der Waals surface area contributed by atoms with Gasteiger partial charge in [-0.1, -0.05) is 0 Å². The molecule has 0 amide bonds. The van der Waals surface area contributed by atoms with Crippen molar-refractivity contribution in [3.8, 4) is 0 Å². The van der Waals surface area contributed by atoms with Gasteiger partial charge in [-0.05, 0) is 52.0 Å². The summed E-state index contributed by atoms with van der Waals surface area (Å²) < 4.78 is 5.62. The van der Waals surface area contributed by atoms with Crippen LogP contribution >= 0.6 is 0 Å². The molecule has 2 rings (SSSR count). The molecule has 3 nitrogen and oxygen atoms in total. The fraction of sp³-hybridized carbons (Fsp3) is 1.00. The van der Waals surface area contributed by atoms with Crippen LogP contribution < -0.4 is 0 Å². The Bertz CT molecular complexity index is 234. The summed E-state index contributed by atoms with van der Waals surface area (Å²) >= 11 is 0. The number of likely N-dealkylation sites (tertiary alicyclic amines) is 1. The van der Waals surface area contributed by atoms with Gasteiger partial charge in [0.15, 0.2) is 0 Å². The third kappa shape index (κ3) is 2.76. The Balaban J connectivity index is 1.93. The fourth-order valence-corrected chi connectivity index (χ4v) is 3.19. The van der Waals surface area contributed by atoms with Gasteiger partial charge in [-0.15, -0.1) is 0 Å². The maximum atomic E-state index is 9.74. The van der Waals surface area contributed by atoms with E-state index in [4.69, 9.17) is 4.74 Å². The molecule has 0 spiro atoms. The quantitative estimate of drug-likeness (QED) is 0.780. The zero-order valence-corrected chi connectivity index (χ0v) is 10.6. The summed E-state index contributed by atoms with van der Waals surface area (Å²) in [7, 11) is 1.82. The predicted molar refractivity (Wildman–Crippen MR) is 64.5 cm³/mol. The summed E-state index contributed by atoms with van der Waals surface area (Å²) in [6, 6.07) is 0.582. The van der Waals surface area contributed by atoms with Gasteiger partial charge in [-0.3, -0.25) is 4.90 Å². The molecule has 1 aliphatic carbocycles. The van der Waals surface area contributed by atoms with E-state index in [1.54, 1.807) is 0 Å². The highest BCUT2D eigenvalue weighted by Gasteiger charge is 2.35. The van der Waals surface area contributed by atoms with Crippen molar-refractivity contribution in [3.63, 3.8) is 0 Å². The van der Waals surface area contributed by atoms with E-state index in [1.807, 2.05) is 7.11 Å². The summed E-state index contributed by atoms with van der Waals surface area (Å²) in [5, 5.41) is 9.74. The molecular weight excluding hydrogens is 202 g/mol. The molecule has 1 N–H and O–H groups in total. The van der Waals surface area contributed by atoms with Gasteiger partial charge in [0.1, 0.15) is 0 Å². The van der Waals surface area contributed by atoms with Gasteiger partial charge in [-0.25, -0.2) is 0 Å². The number of hydrogen-bond donors (Lipinski definition) is 1. The van der Waals surface area contributed by atoms with Gasteiger partial charge in [0.2, 0.25) is 0 Å². The molecule has 1 heterocycles. The minimum absolute atomic E-state index is 0.0284. The van der Waals surface area contributed by atoms with Crippen LogP contribution in [0.2, 0.25) is 0 Å². The second-order valence-electron chi connectivity index (χ2n) is 5.70. The lowest BCUT2D eigenvalue weighted by atomic mass is 9.87. The normalized spacial score (nSPS) is 42.2. The molecule has 2 aliphatic rings. The van der Waals surface area contributed by atoms with Crippen LogP contribution in [0.25, 0.3) is 0 Å². The van der Waals surface area contributed by atoms with Crippen molar-refractivity contribution in [1.29, 1.82) is 0 Å². The third-order valence-electron chi connectivity index (χ3n) is 4.32. The second kappa shape index (κ2) is 5.03. The van der Waals surface area contributed by atoms with E-state index in [2.05, 4.69) is 11.8 Å². The van der Waals surface area contributed by atoms with Gasteiger partial charge < -0.3 is 9.84 Å². The maximum Gasteiger partial charge on any atom is 0.0777 e. The van der Waals surface area contributed by atoms with Crippen LogP contribution in [-0.2, 0) is 4.74 Å². The van der Waals surface area contributed by atoms with Crippen molar-refractivity contribution in [2.45, 2.75) is 63.2 Å². The Morgan fingerprint density at radius 1 is 1.31 bits per heavy atom. The van der Waals surface area contributed by atoms with E-state index in [-0.39, 0.29) is 11.7 Å². The summed E-state index contributed by atoms with van der Waals surface area (Å²) in [5.41, 5.74) is 0.0284. The van der Waals surface area contributed by atoms with E-state index in [1.165, 1.54) is 25.8 Å². The second-order valence-corrected chi connectivity index (χ2v) is 5.70. The lowest BCUT2D eigenvalue weighted by molar-refractivity contribution is -0.0705. The fourth-order valence-electron chi connectivity index (χ4n) is 3.19. The molecule has 0 radical (unpaired) electrons. The van der Waals surface area contributed by atoms with Gasteiger partial charge in [0.25, 0.3) is 0 Å². The number of nitrogens with zero attached hydrogens (tertiary/aromatic N) is 1. The molecule has 3 atom stereocenters. The minimum Gasteiger partial charge on any atom is -0.393 e. The average Bonchev–Trinajstić information content (AvgIpc) is 2.29. The Morgan fingerprint density at radius 3 is 2.81 bits per heavy atom. The van der Waals surface area contributed by atoms with E-state index in [0.717, 1.165) is 25.8 Å². The summed E-state index contributed by atoms with van der Waals surface area (Å²) in [6.07, 6.45) is 6.68. The van der Waals surface area contributed by atoms with Gasteiger partial charge in [-0.2, -0.15) is 0 Å². The van der Waals surface area contributed by atoms with Crippen molar-refractivity contribution in [1.82, 2.24) is 4.90 Å². The number of piperidine rings is 1. The Morgan fingerprint density at radius 2 is 2.12 bits per heavy atom. The topological polar surface area (TPSA) is 32.7 Å². The number of aliphatic hydroxyl groups is 1. The standard InChI is InChI=1S/C13H25NO2/c1-13(16-2)7-4-8-14(10-13)11-5-3-6-12(15)9-11/h11-12,15H,3-10H2,1-2H3. The Labute approximate surface area is 98.8 Å². The van der Waals surface area contributed by atoms with Crippen LogP contribution in [-0.4, -0.2) is 48.0 Å². The molecule has 1 saturated heterocycles. The highest BCUT2D eigenvalue weighted by Crippen LogP contribution is 2.30. The predicted octanol–water partition coefficient (Wildman–Crippen LogP) is 1.79. The van der Waals surface area contributed by atoms with Crippen molar-refractivity contribution in [2.75, 3.05) is 20.2 Å². The number of ether oxygens (including phenoxy) is 1. The van der Waals surface area contributed by atoms with E-state index >= 15 is 0 Å². The molecule has 0 aromatic heterocycles. The van der Waals surface area contributed by atoms with E-state index in [9.17, 15) is 5.11 Å². The molecule has 0 aromatic carbocycles. The zero-order valence-electron chi connectivity index (χ0n) is 10.6. The molecule has 1 saturated carbocycles. The van der Waals surface area contributed by atoms with Crippen LogP contribution in [0.1, 0.15) is 45.4 Å². The van der Waals surface area contributed by atoms with Crippen LogP contribution in [0.3, 0.4) is 0 Å². The van der Waals surface area contributed by atoms with Crippen molar-refractivity contribution >= 4 is 0 Å². The SMILES string of the molecule is COC1(C)CCCN(C2CCCC(O)C2)C1. The summed E-state index contributed by atoms with van der Waals surface area (Å²) in [6.45, 7) is 4.41. The Hall–Kier alpha value is -0.120. The molecule has 0 bridgehead atoms. The van der Waals surface area contributed by atoms with Crippen molar-refractivity contribution in [3.05, 3.63) is 0 Å².